The Kier molecular flexibility index (Phi) is 3.88. The SMILES string of the molecule is O=NB(O)c1cccc(-n2c(-c3ccccc3)nc3ccccc32)c1. The number of para-hydroxylation sites is 2. The summed E-state index contributed by atoms with van der Waals surface area (Å²) in [5, 5.41) is 12.5. The summed E-state index contributed by atoms with van der Waals surface area (Å²) in [5.74, 6) is 0.799. The largest absolute Gasteiger partial charge is 0.517 e. The minimum atomic E-state index is -1.38. The van der Waals surface area contributed by atoms with Crippen LogP contribution >= 0.6 is 0 Å². The van der Waals surface area contributed by atoms with Crippen molar-refractivity contribution in [3.8, 4) is 17.1 Å². The highest BCUT2D eigenvalue weighted by molar-refractivity contribution is 6.64. The molecule has 0 amide bonds. The number of hydrogen-bond donors (Lipinski definition) is 1. The molecule has 1 heterocycles. The van der Waals surface area contributed by atoms with Crippen molar-refractivity contribution in [2.24, 2.45) is 5.09 Å². The van der Waals surface area contributed by atoms with Crippen molar-refractivity contribution in [3.63, 3.8) is 0 Å². The normalized spacial score (nSPS) is 10.8. The quantitative estimate of drug-likeness (QED) is 0.462. The molecule has 0 aliphatic rings. The van der Waals surface area contributed by atoms with Crippen molar-refractivity contribution >= 4 is 23.5 Å². The minimum Gasteiger partial charge on any atom is -0.425 e. The first-order valence-corrected chi connectivity index (χ1v) is 7.92. The van der Waals surface area contributed by atoms with Crippen LogP contribution in [0.3, 0.4) is 0 Å². The lowest BCUT2D eigenvalue weighted by Gasteiger charge is -2.11. The zero-order valence-electron chi connectivity index (χ0n) is 13.3. The first kappa shape index (κ1) is 15.3. The zero-order chi connectivity index (χ0) is 17.2. The predicted molar refractivity (Wildman–Crippen MR) is 99.9 cm³/mol. The molecule has 6 heteroatoms. The smallest absolute Gasteiger partial charge is 0.425 e. The zero-order valence-corrected chi connectivity index (χ0v) is 13.3. The maximum absolute atomic E-state index is 10.7. The molecular formula is C19H14BN3O2. The number of rotatable bonds is 4. The van der Waals surface area contributed by atoms with Gasteiger partial charge in [-0.25, -0.2) is 4.98 Å². The molecule has 0 unspecified atom stereocenters. The molecule has 0 bridgehead atoms. The van der Waals surface area contributed by atoms with Crippen LogP contribution < -0.4 is 5.46 Å². The number of fused-ring (bicyclic) bond motifs is 1. The third-order valence-corrected chi connectivity index (χ3v) is 4.12. The van der Waals surface area contributed by atoms with E-state index in [0.717, 1.165) is 28.1 Å². The lowest BCUT2D eigenvalue weighted by molar-refractivity contribution is 0.587. The first-order chi connectivity index (χ1) is 12.3. The summed E-state index contributed by atoms with van der Waals surface area (Å²) in [6.07, 6.45) is 0. The van der Waals surface area contributed by atoms with E-state index in [-0.39, 0.29) is 0 Å². The second-order valence-corrected chi connectivity index (χ2v) is 5.70. The van der Waals surface area contributed by atoms with Crippen molar-refractivity contribution in [2.45, 2.75) is 0 Å². The highest BCUT2D eigenvalue weighted by Gasteiger charge is 2.18. The van der Waals surface area contributed by atoms with Gasteiger partial charge in [0.05, 0.1) is 11.0 Å². The van der Waals surface area contributed by atoms with E-state index in [9.17, 15) is 9.93 Å². The number of nitroso groups, excluding NO2 is 1. The Morgan fingerprint density at radius 3 is 2.48 bits per heavy atom. The van der Waals surface area contributed by atoms with Crippen LogP contribution in [0, 0.1) is 4.91 Å². The molecule has 0 aliphatic carbocycles. The standard InChI is InChI=1S/C19H14BN3O2/c24-20(22-25)15-9-6-10-16(13-15)23-18-12-5-4-11-17(18)21-19(23)14-7-2-1-3-8-14/h1-13,24H. The highest BCUT2D eigenvalue weighted by atomic mass is 16.3. The molecule has 1 aromatic heterocycles. The van der Waals surface area contributed by atoms with Gasteiger partial charge in [-0.15, -0.1) is 0 Å². The van der Waals surface area contributed by atoms with Crippen LogP contribution in [0.4, 0.5) is 0 Å². The Hall–Kier alpha value is -3.25. The fraction of sp³-hybridized carbons (Fsp3) is 0. The van der Waals surface area contributed by atoms with Gasteiger partial charge in [0.25, 0.3) is 0 Å². The Bertz CT molecular complexity index is 1050. The maximum Gasteiger partial charge on any atom is 0.517 e. The molecule has 0 saturated heterocycles. The second kappa shape index (κ2) is 6.34. The van der Waals surface area contributed by atoms with Crippen molar-refractivity contribution in [1.82, 2.24) is 9.55 Å². The van der Waals surface area contributed by atoms with E-state index in [4.69, 9.17) is 4.98 Å². The summed E-state index contributed by atoms with van der Waals surface area (Å²) in [5.41, 5.74) is 4.07. The van der Waals surface area contributed by atoms with E-state index in [1.165, 1.54) is 0 Å². The average Bonchev–Trinajstić information content (AvgIpc) is 3.07. The number of hydrogen-bond acceptors (Lipinski definition) is 4. The van der Waals surface area contributed by atoms with Crippen molar-refractivity contribution in [1.29, 1.82) is 0 Å². The lowest BCUT2D eigenvalue weighted by atomic mass is 9.76. The molecule has 1 N–H and O–H groups in total. The molecule has 25 heavy (non-hydrogen) atoms. The van der Waals surface area contributed by atoms with Crippen LogP contribution in [0.1, 0.15) is 0 Å². The van der Waals surface area contributed by atoms with E-state index in [1.807, 2.05) is 65.2 Å². The Morgan fingerprint density at radius 1 is 0.920 bits per heavy atom. The summed E-state index contributed by atoms with van der Waals surface area (Å²) in [4.78, 5) is 15.5. The fourth-order valence-corrected chi connectivity index (χ4v) is 2.95. The van der Waals surface area contributed by atoms with Gasteiger partial charge >= 0.3 is 7.05 Å². The molecule has 0 atom stereocenters. The van der Waals surface area contributed by atoms with Crippen LogP contribution in [0.2, 0.25) is 0 Å². The van der Waals surface area contributed by atoms with Gasteiger partial charge in [0.1, 0.15) is 5.82 Å². The number of imidazole rings is 1. The molecule has 0 aliphatic heterocycles. The molecule has 4 rings (SSSR count). The molecule has 120 valence electrons. The predicted octanol–water partition coefficient (Wildman–Crippen LogP) is 3.15. The number of aromatic nitrogens is 2. The molecule has 0 saturated carbocycles. The number of nitrogens with zero attached hydrogens (tertiary/aromatic N) is 3. The molecule has 0 spiro atoms. The maximum atomic E-state index is 10.7. The van der Waals surface area contributed by atoms with Crippen molar-refractivity contribution in [2.75, 3.05) is 0 Å². The van der Waals surface area contributed by atoms with Gasteiger partial charge in [0.2, 0.25) is 0 Å². The van der Waals surface area contributed by atoms with E-state index in [2.05, 4.69) is 5.09 Å². The minimum absolute atomic E-state index is 0.448. The monoisotopic (exact) mass is 327 g/mol. The second-order valence-electron chi connectivity index (χ2n) is 5.70. The first-order valence-electron chi connectivity index (χ1n) is 7.92. The molecule has 4 aromatic rings. The van der Waals surface area contributed by atoms with Gasteiger partial charge in [-0.1, -0.05) is 59.7 Å². The molecular weight excluding hydrogens is 313 g/mol. The Morgan fingerprint density at radius 2 is 1.68 bits per heavy atom. The summed E-state index contributed by atoms with van der Waals surface area (Å²) in [6, 6.07) is 24.9. The third kappa shape index (κ3) is 2.73. The number of benzene rings is 3. The average molecular weight is 327 g/mol. The van der Waals surface area contributed by atoms with E-state index in [1.54, 1.807) is 18.2 Å². The van der Waals surface area contributed by atoms with Gasteiger partial charge < -0.3 is 5.02 Å². The van der Waals surface area contributed by atoms with E-state index in [0.29, 0.717) is 5.46 Å². The van der Waals surface area contributed by atoms with Crippen LogP contribution in [0.15, 0.2) is 84.0 Å². The summed E-state index contributed by atoms with van der Waals surface area (Å²) in [7, 11) is -1.38. The van der Waals surface area contributed by atoms with Gasteiger partial charge in [0, 0.05) is 11.3 Å². The fourth-order valence-electron chi connectivity index (χ4n) is 2.95. The Labute approximate surface area is 144 Å². The topological polar surface area (TPSA) is 67.5 Å². The Balaban J connectivity index is 1.99. The van der Waals surface area contributed by atoms with E-state index < -0.39 is 7.05 Å². The van der Waals surface area contributed by atoms with Gasteiger partial charge in [-0.3, -0.25) is 4.57 Å². The van der Waals surface area contributed by atoms with Crippen molar-refractivity contribution in [3.05, 3.63) is 83.8 Å². The van der Waals surface area contributed by atoms with Gasteiger partial charge in [0.15, 0.2) is 0 Å². The lowest BCUT2D eigenvalue weighted by Crippen LogP contribution is -2.27. The van der Waals surface area contributed by atoms with Crippen LogP contribution in [-0.2, 0) is 0 Å². The third-order valence-electron chi connectivity index (χ3n) is 4.12. The molecule has 5 nitrogen and oxygen atoms in total. The van der Waals surface area contributed by atoms with Crippen LogP contribution in [0.5, 0.6) is 0 Å². The summed E-state index contributed by atoms with van der Waals surface area (Å²) in [6.45, 7) is 0. The molecule has 3 aromatic carbocycles. The van der Waals surface area contributed by atoms with E-state index >= 15 is 0 Å². The molecule has 0 fully saturated rings. The molecule has 0 radical (unpaired) electrons. The van der Waals surface area contributed by atoms with Crippen LogP contribution in [-0.4, -0.2) is 21.6 Å². The van der Waals surface area contributed by atoms with Crippen molar-refractivity contribution < 1.29 is 5.02 Å². The van der Waals surface area contributed by atoms with Gasteiger partial charge in [-0.2, -0.15) is 4.91 Å². The summed E-state index contributed by atoms with van der Waals surface area (Å²) < 4.78 is 2.02. The summed E-state index contributed by atoms with van der Waals surface area (Å²) >= 11 is 0. The highest BCUT2D eigenvalue weighted by Crippen LogP contribution is 2.28. The van der Waals surface area contributed by atoms with Crippen LogP contribution in [0.25, 0.3) is 28.1 Å². The van der Waals surface area contributed by atoms with Gasteiger partial charge in [-0.05, 0) is 29.7 Å².